The number of rotatable bonds is 9. The number of hydrogen-bond acceptors (Lipinski definition) is 7. The van der Waals surface area contributed by atoms with Gasteiger partial charge in [0, 0.05) is 31.1 Å². The lowest BCUT2D eigenvalue weighted by atomic mass is 10.1. The summed E-state index contributed by atoms with van der Waals surface area (Å²) in [6, 6.07) is 9.36. The van der Waals surface area contributed by atoms with Gasteiger partial charge in [-0.2, -0.15) is 9.37 Å². The molecule has 2 aliphatic rings. The number of carboxylic acids is 1. The number of benzene rings is 2. The van der Waals surface area contributed by atoms with Crippen LogP contribution in [0.3, 0.4) is 0 Å². The second-order valence-corrected chi connectivity index (χ2v) is 10.8. The summed E-state index contributed by atoms with van der Waals surface area (Å²) in [5.74, 6) is -1.17. The van der Waals surface area contributed by atoms with Crippen molar-refractivity contribution >= 4 is 28.6 Å². The van der Waals surface area contributed by atoms with Crippen molar-refractivity contribution in [2.45, 2.75) is 51.0 Å². The first-order chi connectivity index (χ1) is 19.8. The lowest BCUT2D eigenvalue weighted by Gasteiger charge is -2.32. The summed E-state index contributed by atoms with van der Waals surface area (Å²) in [6.45, 7) is 3.38. The first-order valence-corrected chi connectivity index (χ1v) is 13.9. The van der Waals surface area contributed by atoms with Crippen molar-refractivity contribution in [1.82, 2.24) is 24.4 Å². The fourth-order valence-corrected chi connectivity index (χ4v) is 5.36. The van der Waals surface area contributed by atoms with Gasteiger partial charge in [0.1, 0.15) is 23.6 Å². The fourth-order valence-electron chi connectivity index (χ4n) is 5.20. The Morgan fingerprint density at radius 2 is 1.90 bits per heavy atom. The first kappa shape index (κ1) is 27.5. The van der Waals surface area contributed by atoms with Crippen LogP contribution >= 0.6 is 11.6 Å². The number of hydrogen-bond donors (Lipinski definition) is 1. The van der Waals surface area contributed by atoms with E-state index in [0.717, 1.165) is 30.6 Å². The van der Waals surface area contributed by atoms with Gasteiger partial charge in [-0.15, -0.1) is 0 Å². The molecule has 0 bridgehead atoms. The Hall–Kier alpha value is -3.67. The summed E-state index contributed by atoms with van der Waals surface area (Å²) in [5.41, 5.74) is 2.08. The number of nitrogens with zero attached hydrogens (tertiary/aromatic N) is 5. The number of imidazole rings is 1. The number of carbonyl (C=O) groups is 1. The molecule has 1 atom stereocenters. The second kappa shape index (κ2) is 11.7. The number of carboxylic acid groups (broad SMARTS) is 1. The van der Waals surface area contributed by atoms with Crippen molar-refractivity contribution in [1.29, 1.82) is 0 Å². The Morgan fingerprint density at radius 1 is 1.10 bits per heavy atom. The molecule has 9 nitrogen and oxygen atoms in total. The number of likely N-dealkylation sites (tertiary alicyclic amines) is 1. The summed E-state index contributed by atoms with van der Waals surface area (Å²) in [4.78, 5) is 26.7. The smallest absolute Gasteiger partial charge is 0.335 e. The Balaban J connectivity index is 1.11. The highest BCUT2D eigenvalue weighted by Crippen LogP contribution is 2.26. The van der Waals surface area contributed by atoms with E-state index in [-0.39, 0.29) is 35.9 Å². The molecule has 0 aliphatic carbocycles. The molecule has 0 unspecified atom stereocenters. The SMILES string of the molecule is O=C(O)c1ccc2c(c1)nc(CN1CCC(Oc3nc(Cc4ccc(Cl)cc4F)ncc3F)CC1)n2C[C@@H]1CCO1. The number of halogens is 3. The quantitative estimate of drug-likeness (QED) is 0.297. The number of aromatic carboxylic acids is 1. The number of piperidine rings is 1. The lowest BCUT2D eigenvalue weighted by Crippen LogP contribution is -2.39. The van der Waals surface area contributed by atoms with E-state index >= 15 is 0 Å². The topological polar surface area (TPSA) is 103 Å². The Kier molecular flexibility index (Phi) is 7.83. The van der Waals surface area contributed by atoms with Gasteiger partial charge in [0.05, 0.1) is 42.0 Å². The van der Waals surface area contributed by atoms with Gasteiger partial charge in [0.2, 0.25) is 5.82 Å². The molecule has 0 saturated carbocycles. The highest BCUT2D eigenvalue weighted by Gasteiger charge is 2.26. The minimum Gasteiger partial charge on any atom is -0.478 e. The van der Waals surface area contributed by atoms with Crippen LogP contribution in [0.1, 0.15) is 46.8 Å². The lowest BCUT2D eigenvalue weighted by molar-refractivity contribution is -0.0592. The van der Waals surface area contributed by atoms with Crippen molar-refractivity contribution in [3.8, 4) is 5.88 Å². The zero-order valence-electron chi connectivity index (χ0n) is 22.1. The monoisotopic (exact) mass is 583 g/mol. The molecular formula is C29H28ClF2N5O4. The summed E-state index contributed by atoms with van der Waals surface area (Å²) in [7, 11) is 0. The average molecular weight is 584 g/mol. The third-order valence-electron chi connectivity index (χ3n) is 7.56. The predicted molar refractivity (Wildman–Crippen MR) is 146 cm³/mol. The molecule has 4 heterocycles. The first-order valence-electron chi connectivity index (χ1n) is 13.5. The molecule has 2 aliphatic heterocycles. The van der Waals surface area contributed by atoms with E-state index in [1.54, 1.807) is 30.3 Å². The van der Waals surface area contributed by atoms with Gasteiger partial charge in [0.15, 0.2) is 0 Å². The van der Waals surface area contributed by atoms with Gasteiger partial charge in [-0.05, 0) is 55.2 Å². The highest BCUT2D eigenvalue weighted by molar-refractivity contribution is 6.30. The molecule has 1 N–H and O–H groups in total. The summed E-state index contributed by atoms with van der Waals surface area (Å²) < 4.78 is 42.4. The molecule has 12 heteroatoms. The maximum atomic E-state index is 14.5. The number of aromatic nitrogens is 4. The van der Waals surface area contributed by atoms with E-state index < -0.39 is 17.6 Å². The maximum absolute atomic E-state index is 14.5. The zero-order valence-corrected chi connectivity index (χ0v) is 22.9. The van der Waals surface area contributed by atoms with E-state index in [0.29, 0.717) is 55.1 Å². The third kappa shape index (κ3) is 6.17. The fraction of sp³-hybridized carbons (Fsp3) is 0.379. The summed E-state index contributed by atoms with van der Waals surface area (Å²) >= 11 is 5.83. The normalized spacial score (nSPS) is 18.0. The van der Waals surface area contributed by atoms with Gasteiger partial charge in [-0.3, -0.25) is 4.90 Å². The molecule has 0 amide bonds. The molecule has 4 aromatic rings. The second-order valence-electron chi connectivity index (χ2n) is 10.4. The van der Waals surface area contributed by atoms with Crippen molar-refractivity contribution in [2.75, 3.05) is 19.7 Å². The zero-order chi connectivity index (χ0) is 28.5. The van der Waals surface area contributed by atoms with E-state index in [9.17, 15) is 18.7 Å². The largest absolute Gasteiger partial charge is 0.478 e. The van der Waals surface area contributed by atoms with Crippen LogP contribution in [-0.4, -0.2) is 67.4 Å². The van der Waals surface area contributed by atoms with E-state index in [1.807, 2.05) is 0 Å². The van der Waals surface area contributed by atoms with Crippen molar-refractivity contribution in [2.24, 2.45) is 0 Å². The van der Waals surface area contributed by atoms with Gasteiger partial charge in [-0.1, -0.05) is 17.7 Å². The van der Waals surface area contributed by atoms with Crippen molar-refractivity contribution in [3.05, 3.63) is 82.0 Å². The standard InChI is InChI=1S/C29H28ClF2N5O4/c30-19-3-1-17(22(31)13-19)12-26-33-14-23(32)28(35-26)41-20-5-8-36(9-6-20)16-27-34-24-11-18(29(38)39)2-4-25(24)37(27)15-21-7-10-40-21/h1-4,11,13-14,20-21H,5-10,12,15-16H2,(H,38,39)/t21-/m0/s1. The molecule has 0 spiro atoms. The van der Waals surface area contributed by atoms with E-state index in [4.69, 9.17) is 26.1 Å². The minimum atomic E-state index is -0.989. The van der Waals surface area contributed by atoms with Gasteiger partial charge >= 0.3 is 5.97 Å². The van der Waals surface area contributed by atoms with Crippen molar-refractivity contribution in [3.63, 3.8) is 0 Å². The van der Waals surface area contributed by atoms with Gasteiger partial charge < -0.3 is 19.1 Å². The molecule has 2 aromatic carbocycles. The van der Waals surface area contributed by atoms with E-state index in [2.05, 4.69) is 19.4 Å². The maximum Gasteiger partial charge on any atom is 0.335 e. The Morgan fingerprint density at radius 3 is 2.61 bits per heavy atom. The van der Waals surface area contributed by atoms with Crippen LogP contribution in [0, 0.1) is 11.6 Å². The number of fused-ring (bicyclic) bond motifs is 1. The molecule has 214 valence electrons. The average Bonchev–Trinajstić information content (AvgIpc) is 3.26. The van der Waals surface area contributed by atoms with Gasteiger partial charge in [0.25, 0.3) is 5.88 Å². The molecule has 41 heavy (non-hydrogen) atoms. The van der Waals surface area contributed by atoms with E-state index in [1.165, 1.54) is 6.07 Å². The van der Waals surface area contributed by atoms with Crippen LogP contribution in [-0.2, 0) is 24.2 Å². The summed E-state index contributed by atoms with van der Waals surface area (Å²) in [6.07, 6.45) is 3.29. The van der Waals surface area contributed by atoms with Crippen LogP contribution < -0.4 is 4.74 Å². The number of ether oxygens (including phenoxy) is 2. The summed E-state index contributed by atoms with van der Waals surface area (Å²) in [5, 5.41) is 9.69. The van der Waals surface area contributed by atoms with Gasteiger partial charge in [-0.25, -0.2) is 19.2 Å². The molecule has 6 rings (SSSR count). The van der Waals surface area contributed by atoms with Crippen LogP contribution in [0.2, 0.25) is 5.02 Å². The van der Waals surface area contributed by atoms with Crippen molar-refractivity contribution < 1.29 is 28.2 Å². The third-order valence-corrected chi connectivity index (χ3v) is 7.79. The molecule has 2 aromatic heterocycles. The molecular weight excluding hydrogens is 556 g/mol. The van der Waals surface area contributed by atoms with Crippen LogP contribution in [0.15, 0.2) is 42.6 Å². The molecule has 2 saturated heterocycles. The minimum absolute atomic E-state index is 0.0823. The molecule has 0 radical (unpaired) electrons. The highest BCUT2D eigenvalue weighted by atomic mass is 35.5. The Bertz CT molecular complexity index is 1590. The van der Waals surface area contributed by atoms with Crippen LogP contribution in [0.4, 0.5) is 8.78 Å². The Labute approximate surface area is 239 Å². The van der Waals surface area contributed by atoms with Crippen LogP contribution in [0.5, 0.6) is 5.88 Å². The predicted octanol–water partition coefficient (Wildman–Crippen LogP) is 4.88. The molecule has 2 fully saturated rings. The van der Waals surface area contributed by atoms with Crippen LogP contribution in [0.25, 0.3) is 11.0 Å².